The van der Waals surface area contributed by atoms with Crippen molar-refractivity contribution in [3.8, 4) is 0 Å². The standard InChI is InChI=1S/C18H29N3O/c1-3-20(4-2)15-16-10-12-21(13-11-16)18(22)14-19-17-8-6-5-7-9-17/h5-9,16,19H,3-4,10-15H2,1-2H3. The highest BCUT2D eigenvalue weighted by Gasteiger charge is 2.23. The molecule has 2 rings (SSSR count). The summed E-state index contributed by atoms with van der Waals surface area (Å²) in [6.07, 6.45) is 2.27. The summed E-state index contributed by atoms with van der Waals surface area (Å²) in [5.41, 5.74) is 1.01. The van der Waals surface area contributed by atoms with Gasteiger partial charge in [-0.25, -0.2) is 0 Å². The fraction of sp³-hybridized carbons (Fsp3) is 0.611. The second-order valence-corrected chi connectivity index (χ2v) is 6.03. The number of carbonyl (C=O) groups is 1. The van der Waals surface area contributed by atoms with Gasteiger partial charge in [-0.2, -0.15) is 0 Å². The number of piperidine rings is 1. The van der Waals surface area contributed by atoms with Crippen molar-refractivity contribution in [3.63, 3.8) is 0 Å². The molecule has 4 heteroatoms. The van der Waals surface area contributed by atoms with Crippen LogP contribution in [0.5, 0.6) is 0 Å². The third-order valence-electron chi connectivity index (χ3n) is 4.60. The smallest absolute Gasteiger partial charge is 0.241 e. The average molecular weight is 303 g/mol. The third-order valence-corrected chi connectivity index (χ3v) is 4.60. The number of hydrogen-bond acceptors (Lipinski definition) is 3. The first-order valence-electron chi connectivity index (χ1n) is 8.52. The number of amides is 1. The van der Waals surface area contributed by atoms with Crippen LogP contribution in [0.1, 0.15) is 26.7 Å². The van der Waals surface area contributed by atoms with Crippen molar-refractivity contribution in [1.29, 1.82) is 0 Å². The van der Waals surface area contributed by atoms with Gasteiger partial charge >= 0.3 is 0 Å². The molecule has 1 saturated heterocycles. The zero-order valence-electron chi connectivity index (χ0n) is 13.9. The number of nitrogens with zero attached hydrogens (tertiary/aromatic N) is 2. The summed E-state index contributed by atoms with van der Waals surface area (Å²) in [5.74, 6) is 0.955. The molecule has 0 aliphatic carbocycles. The molecule has 122 valence electrons. The molecule has 1 aliphatic heterocycles. The zero-order valence-corrected chi connectivity index (χ0v) is 13.9. The number of hydrogen-bond donors (Lipinski definition) is 1. The van der Waals surface area contributed by atoms with Gasteiger partial charge in [0.05, 0.1) is 6.54 Å². The highest BCUT2D eigenvalue weighted by Crippen LogP contribution is 2.18. The Morgan fingerprint density at radius 1 is 1.18 bits per heavy atom. The van der Waals surface area contributed by atoms with Gasteiger partial charge in [0, 0.05) is 25.3 Å². The Labute approximate surface area is 134 Å². The van der Waals surface area contributed by atoms with E-state index in [0.717, 1.165) is 50.6 Å². The zero-order chi connectivity index (χ0) is 15.8. The maximum absolute atomic E-state index is 12.3. The number of para-hydroxylation sites is 1. The van der Waals surface area contributed by atoms with E-state index < -0.39 is 0 Å². The second-order valence-electron chi connectivity index (χ2n) is 6.03. The fourth-order valence-corrected chi connectivity index (χ4v) is 3.06. The van der Waals surface area contributed by atoms with Crippen LogP contribution >= 0.6 is 0 Å². The van der Waals surface area contributed by atoms with Crippen LogP contribution in [0.4, 0.5) is 5.69 Å². The number of benzene rings is 1. The Kier molecular flexibility index (Phi) is 6.72. The molecule has 22 heavy (non-hydrogen) atoms. The first kappa shape index (κ1) is 16.8. The van der Waals surface area contributed by atoms with Crippen LogP contribution in [-0.2, 0) is 4.79 Å². The fourth-order valence-electron chi connectivity index (χ4n) is 3.06. The predicted octanol–water partition coefficient (Wildman–Crippen LogP) is 2.68. The largest absolute Gasteiger partial charge is 0.376 e. The highest BCUT2D eigenvalue weighted by atomic mass is 16.2. The number of likely N-dealkylation sites (tertiary alicyclic amines) is 1. The van der Waals surface area contributed by atoms with Crippen molar-refractivity contribution in [2.45, 2.75) is 26.7 Å². The lowest BCUT2D eigenvalue weighted by molar-refractivity contribution is -0.130. The molecule has 1 aromatic rings. The van der Waals surface area contributed by atoms with Crippen molar-refractivity contribution in [2.24, 2.45) is 5.92 Å². The lowest BCUT2D eigenvalue weighted by Gasteiger charge is -2.34. The minimum Gasteiger partial charge on any atom is -0.376 e. The molecule has 0 atom stereocenters. The number of anilines is 1. The maximum atomic E-state index is 12.3. The van der Waals surface area contributed by atoms with Gasteiger partial charge in [-0.05, 0) is 44.0 Å². The van der Waals surface area contributed by atoms with Crippen molar-refractivity contribution >= 4 is 11.6 Å². The first-order chi connectivity index (χ1) is 10.7. The van der Waals surface area contributed by atoms with Gasteiger partial charge in [-0.3, -0.25) is 4.79 Å². The third kappa shape index (κ3) is 5.02. The van der Waals surface area contributed by atoms with E-state index in [-0.39, 0.29) is 5.91 Å². The Bertz CT molecular complexity index is 437. The lowest BCUT2D eigenvalue weighted by atomic mass is 9.96. The molecule has 4 nitrogen and oxygen atoms in total. The molecule has 0 saturated carbocycles. The van der Waals surface area contributed by atoms with Crippen LogP contribution in [0.2, 0.25) is 0 Å². The molecule has 1 aliphatic rings. The van der Waals surface area contributed by atoms with Crippen LogP contribution < -0.4 is 5.32 Å². The molecule has 1 fully saturated rings. The molecule has 0 spiro atoms. The maximum Gasteiger partial charge on any atom is 0.241 e. The SMILES string of the molecule is CCN(CC)CC1CCN(C(=O)CNc2ccccc2)CC1. The van der Waals surface area contributed by atoms with E-state index in [1.807, 2.05) is 35.2 Å². The van der Waals surface area contributed by atoms with E-state index in [4.69, 9.17) is 0 Å². The van der Waals surface area contributed by atoms with E-state index in [9.17, 15) is 4.79 Å². The Hall–Kier alpha value is -1.55. The van der Waals surface area contributed by atoms with Crippen LogP contribution in [0.25, 0.3) is 0 Å². The van der Waals surface area contributed by atoms with Crippen molar-refractivity contribution < 1.29 is 4.79 Å². The van der Waals surface area contributed by atoms with Crippen molar-refractivity contribution in [3.05, 3.63) is 30.3 Å². The monoisotopic (exact) mass is 303 g/mol. The van der Waals surface area contributed by atoms with Crippen LogP contribution in [0.3, 0.4) is 0 Å². The van der Waals surface area contributed by atoms with E-state index >= 15 is 0 Å². The van der Waals surface area contributed by atoms with Gasteiger partial charge in [0.2, 0.25) is 5.91 Å². The summed E-state index contributed by atoms with van der Waals surface area (Å²) in [4.78, 5) is 16.8. The van der Waals surface area contributed by atoms with E-state index in [1.165, 1.54) is 6.54 Å². The summed E-state index contributed by atoms with van der Waals surface area (Å²) in [6, 6.07) is 9.91. The summed E-state index contributed by atoms with van der Waals surface area (Å²) in [5, 5.41) is 3.20. The molecule has 1 N–H and O–H groups in total. The molecule has 0 radical (unpaired) electrons. The first-order valence-corrected chi connectivity index (χ1v) is 8.52. The molecule has 0 unspecified atom stereocenters. The average Bonchev–Trinajstić information content (AvgIpc) is 2.59. The summed E-state index contributed by atoms with van der Waals surface area (Å²) >= 11 is 0. The quantitative estimate of drug-likeness (QED) is 0.841. The van der Waals surface area contributed by atoms with Gasteiger partial charge in [0.25, 0.3) is 0 Å². The van der Waals surface area contributed by atoms with Gasteiger partial charge in [-0.15, -0.1) is 0 Å². The Morgan fingerprint density at radius 2 is 1.82 bits per heavy atom. The summed E-state index contributed by atoms with van der Waals surface area (Å²) < 4.78 is 0. The summed E-state index contributed by atoms with van der Waals surface area (Å²) in [6.45, 7) is 10.1. The summed E-state index contributed by atoms with van der Waals surface area (Å²) in [7, 11) is 0. The number of nitrogens with one attached hydrogen (secondary N) is 1. The van der Waals surface area contributed by atoms with Crippen LogP contribution in [0, 0.1) is 5.92 Å². The molecule has 0 bridgehead atoms. The minimum absolute atomic E-state index is 0.213. The topological polar surface area (TPSA) is 35.6 Å². The van der Waals surface area contributed by atoms with Crippen LogP contribution in [-0.4, -0.2) is 55.0 Å². The Morgan fingerprint density at radius 3 is 2.41 bits per heavy atom. The molecule has 1 amide bonds. The molecule has 1 aromatic carbocycles. The van der Waals surface area contributed by atoms with E-state index in [2.05, 4.69) is 24.1 Å². The number of rotatable bonds is 7. The highest BCUT2D eigenvalue weighted by molar-refractivity contribution is 5.80. The molecular weight excluding hydrogens is 274 g/mol. The van der Waals surface area contributed by atoms with Crippen molar-refractivity contribution in [2.75, 3.05) is 44.6 Å². The lowest BCUT2D eigenvalue weighted by Crippen LogP contribution is -2.43. The second kappa shape index (κ2) is 8.79. The van der Waals surface area contributed by atoms with Gasteiger partial charge in [-0.1, -0.05) is 32.0 Å². The molecule has 1 heterocycles. The van der Waals surface area contributed by atoms with Crippen molar-refractivity contribution in [1.82, 2.24) is 9.80 Å². The van der Waals surface area contributed by atoms with Gasteiger partial charge in [0.15, 0.2) is 0 Å². The predicted molar refractivity (Wildman–Crippen MR) is 92.0 cm³/mol. The van der Waals surface area contributed by atoms with Gasteiger partial charge < -0.3 is 15.1 Å². The van der Waals surface area contributed by atoms with E-state index in [0.29, 0.717) is 6.54 Å². The molecule has 0 aromatic heterocycles. The van der Waals surface area contributed by atoms with E-state index in [1.54, 1.807) is 0 Å². The van der Waals surface area contributed by atoms with Gasteiger partial charge in [0.1, 0.15) is 0 Å². The molecular formula is C18H29N3O. The number of carbonyl (C=O) groups excluding carboxylic acids is 1. The van der Waals surface area contributed by atoms with Crippen LogP contribution in [0.15, 0.2) is 30.3 Å². The minimum atomic E-state index is 0.213. The normalized spacial score (nSPS) is 16.0. The Balaban J connectivity index is 1.71.